The molecule has 1 N–H and O–H groups in total. The molecule has 128 valence electrons. The Hall–Kier alpha value is -1.40. The van der Waals surface area contributed by atoms with E-state index in [1.54, 1.807) is 12.5 Å². The molecule has 1 aliphatic carbocycles. The quantitative estimate of drug-likeness (QED) is 0.861. The van der Waals surface area contributed by atoms with E-state index >= 15 is 0 Å². The second-order valence-electron chi connectivity index (χ2n) is 6.94. The second kappa shape index (κ2) is 7.45. The molecule has 1 aromatic rings. The fourth-order valence-corrected chi connectivity index (χ4v) is 4.06. The topological polar surface area (TPSA) is 59.4 Å². The fourth-order valence-electron chi connectivity index (χ4n) is 4.06. The molecule has 0 radical (unpaired) electrons. The molecule has 1 aliphatic heterocycles. The summed E-state index contributed by atoms with van der Waals surface area (Å²) in [5, 5.41) is 3.16. The molecule has 23 heavy (non-hydrogen) atoms. The van der Waals surface area contributed by atoms with Crippen LogP contribution in [0.25, 0.3) is 0 Å². The first-order valence-electron chi connectivity index (χ1n) is 8.76. The number of nitrogens with one attached hydrogen (secondary N) is 1. The van der Waals surface area contributed by atoms with Crippen molar-refractivity contribution in [3.05, 3.63) is 18.7 Å². The number of morpholine rings is 1. The Balaban J connectivity index is 1.55. The van der Waals surface area contributed by atoms with Gasteiger partial charge < -0.3 is 14.6 Å². The van der Waals surface area contributed by atoms with Crippen molar-refractivity contribution in [2.45, 2.75) is 57.2 Å². The van der Waals surface area contributed by atoms with Gasteiger partial charge in [-0.25, -0.2) is 4.98 Å². The Labute approximate surface area is 138 Å². The molecular weight excluding hydrogens is 292 g/mol. The Morgan fingerprint density at radius 3 is 2.74 bits per heavy atom. The van der Waals surface area contributed by atoms with Gasteiger partial charge in [-0.1, -0.05) is 12.8 Å². The molecule has 2 heterocycles. The first-order chi connectivity index (χ1) is 11.2. The summed E-state index contributed by atoms with van der Waals surface area (Å²) in [7, 11) is 0. The van der Waals surface area contributed by atoms with Gasteiger partial charge >= 0.3 is 0 Å². The van der Waals surface area contributed by atoms with Gasteiger partial charge in [-0.15, -0.1) is 0 Å². The van der Waals surface area contributed by atoms with E-state index < -0.39 is 0 Å². The van der Waals surface area contributed by atoms with Gasteiger partial charge in [-0.3, -0.25) is 9.69 Å². The van der Waals surface area contributed by atoms with E-state index in [4.69, 9.17) is 4.74 Å². The van der Waals surface area contributed by atoms with Gasteiger partial charge in [0.1, 0.15) is 0 Å². The van der Waals surface area contributed by atoms with E-state index in [0.717, 1.165) is 45.7 Å². The van der Waals surface area contributed by atoms with Crippen molar-refractivity contribution >= 4 is 5.91 Å². The lowest BCUT2D eigenvalue weighted by Crippen LogP contribution is -2.54. The standard InChI is InChI=1S/C17H28N4O2/c1-15(13-20-7-6-18-14-20)19-16(22)12-17(4-2-3-5-17)21-8-10-23-11-9-21/h6-7,14-15H,2-5,8-13H2,1H3,(H,19,22). The number of aromatic nitrogens is 2. The molecule has 2 aliphatic rings. The van der Waals surface area contributed by atoms with Crippen molar-refractivity contribution in [3.63, 3.8) is 0 Å². The van der Waals surface area contributed by atoms with Crippen molar-refractivity contribution in [1.29, 1.82) is 0 Å². The van der Waals surface area contributed by atoms with Crippen LogP contribution in [0.5, 0.6) is 0 Å². The van der Waals surface area contributed by atoms with Crippen LogP contribution in [-0.4, -0.2) is 58.2 Å². The normalized spacial score (nSPS) is 22.8. The fraction of sp³-hybridized carbons (Fsp3) is 0.765. The van der Waals surface area contributed by atoms with Gasteiger partial charge in [-0.2, -0.15) is 0 Å². The second-order valence-corrected chi connectivity index (χ2v) is 6.94. The van der Waals surface area contributed by atoms with Crippen LogP contribution in [0.2, 0.25) is 0 Å². The average Bonchev–Trinajstić information content (AvgIpc) is 3.20. The zero-order valence-electron chi connectivity index (χ0n) is 14.0. The van der Waals surface area contributed by atoms with Crippen molar-refractivity contribution in [2.24, 2.45) is 0 Å². The Morgan fingerprint density at radius 1 is 1.35 bits per heavy atom. The molecule has 1 atom stereocenters. The third-order valence-corrected chi connectivity index (χ3v) is 5.16. The average molecular weight is 320 g/mol. The zero-order valence-corrected chi connectivity index (χ0v) is 14.0. The SMILES string of the molecule is CC(Cn1ccnc1)NC(=O)CC1(N2CCOCC2)CCCC1. The Kier molecular flexibility index (Phi) is 5.33. The van der Waals surface area contributed by atoms with Gasteiger partial charge in [0, 0.05) is 50.0 Å². The van der Waals surface area contributed by atoms with E-state index in [1.165, 1.54) is 12.8 Å². The van der Waals surface area contributed by atoms with Crippen LogP contribution < -0.4 is 5.32 Å². The predicted octanol–water partition coefficient (Wildman–Crippen LogP) is 1.42. The molecule has 3 rings (SSSR count). The highest BCUT2D eigenvalue weighted by molar-refractivity contribution is 5.77. The molecule has 0 bridgehead atoms. The minimum Gasteiger partial charge on any atom is -0.379 e. The van der Waals surface area contributed by atoms with E-state index in [0.29, 0.717) is 6.42 Å². The van der Waals surface area contributed by atoms with Gasteiger partial charge in [0.25, 0.3) is 0 Å². The summed E-state index contributed by atoms with van der Waals surface area (Å²) < 4.78 is 7.48. The minimum atomic E-state index is 0.0581. The first kappa shape index (κ1) is 16.5. The van der Waals surface area contributed by atoms with Crippen molar-refractivity contribution in [2.75, 3.05) is 26.3 Å². The van der Waals surface area contributed by atoms with Crippen molar-refractivity contribution in [3.8, 4) is 0 Å². The summed E-state index contributed by atoms with van der Waals surface area (Å²) in [6.07, 6.45) is 10.8. The van der Waals surface area contributed by atoms with Crippen LogP contribution in [0, 0.1) is 0 Å². The molecule has 6 nitrogen and oxygen atoms in total. The molecular formula is C17H28N4O2. The number of rotatable bonds is 6. The highest BCUT2D eigenvalue weighted by atomic mass is 16.5. The summed E-state index contributed by atoms with van der Waals surface area (Å²) >= 11 is 0. The highest BCUT2D eigenvalue weighted by Gasteiger charge is 2.41. The third kappa shape index (κ3) is 4.12. The first-order valence-corrected chi connectivity index (χ1v) is 8.76. The zero-order chi connectivity index (χ0) is 16.1. The number of carbonyl (C=O) groups excluding carboxylic acids is 1. The summed E-state index contributed by atoms with van der Waals surface area (Å²) in [5.41, 5.74) is 0.0581. The van der Waals surface area contributed by atoms with Gasteiger partial charge in [0.2, 0.25) is 5.91 Å². The van der Waals surface area contributed by atoms with E-state index in [9.17, 15) is 4.79 Å². The third-order valence-electron chi connectivity index (χ3n) is 5.16. The number of imidazole rings is 1. The van der Waals surface area contributed by atoms with Crippen molar-refractivity contribution < 1.29 is 9.53 Å². The smallest absolute Gasteiger partial charge is 0.222 e. The maximum absolute atomic E-state index is 12.6. The van der Waals surface area contributed by atoms with Crippen LogP contribution in [-0.2, 0) is 16.1 Å². The Morgan fingerprint density at radius 2 is 2.09 bits per heavy atom. The molecule has 0 aromatic carbocycles. The van der Waals surface area contributed by atoms with Gasteiger partial charge in [-0.05, 0) is 19.8 Å². The van der Waals surface area contributed by atoms with Crippen LogP contribution in [0.3, 0.4) is 0 Å². The number of hydrogen-bond acceptors (Lipinski definition) is 4. The lowest BCUT2D eigenvalue weighted by atomic mass is 9.89. The van der Waals surface area contributed by atoms with Gasteiger partial charge in [0.05, 0.1) is 19.5 Å². The maximum Gasteiger partial charge on any atom is 0.222 e. The van der Waals surface area contributed by atoms with Crippen LogP contribution in [0.1, 0.15) is 39.0 Å². The highest BCUT2D eigenvalue weighted by Crippen LogP contribution is 2.38. The molecule has 1 amide bonds. The number of amides is 1. The van der Waals surface area contributed by atoms with Gasteiger partial charge in [0.15, 0.2) is 0 Å². The van der Waals surface area contributed by atoms with Crippen LogP contribution in [0.4, 0.5) is 0 Å². The van der Waals surface area contributed by atoms with E-state index in [2.05, 4.69) is 15.2 Å². The molecule has 1 aromatic heterocycles. The molecule has 1 saturated carbocycles. The maximum atomic E-state index is 12.6. The Bertz CT molecular complexity index is 491. The minimum absolute atomic E-state index is 0.0581. The molecule has 0 spiro atoms. The number of nitrogens with zero attached hydrogens (tertiary/aromatic N) is 3. The number of hydrogen-bond donors (Lipinski definition) is 1. The molecule has 6 heteroatoms. The summed E-state index contributed by atoms with van der Waals surface area (Å²) in [5.74, 6) is 0.172. The van der Waals surface area contributed by atoms with E-state index in [-0.39, 0.29) is 17.5 Å². The van der Waals surface area contributed by atoms with Crippen LogP contribution in [0.15, 0.2) is 18.7 Å². The molecule has 1 unspecified atom stereocenters. The van der Waals surface area contributed by atoms with Crippen molar-refractivity contribution in [1.82, 2.24) is 19.8 Å². The lowest BCUT2D eigenvalue weighted by Gasteiger charge is -2.43. The summed E-state index contributed by atoms with van der Waals surface area (Å²) in [6.45, 7) is 6.31. The summed E-state index contributed by atoms with van der Waals surface area (Å²) in [4.78, 5) is 19.1. The largest absolute Gasteiger partial charge is 0.379 e. The van der Waals surface area contributed by atoms with Crippen LogP contribution >= 0.6 is 0 Å². The summed E-state index contributed by atoms with van der Waals surface area (Å²) in [6, 6.07) is 0.111. The van der Waals surface area contributed by atoms with E-state index in [1.807, 2.05) is 17.7 Å². The number of carbonyl (C=O) groups is 1. The number of ether oxygens (including phenoxy) is 1. The lowest BCUT2D eigenvalue weighted by molar-refractivity contribution is -0.126. The predicted molar refractivity (Wildman–Crippen MR) is 88.0 cm³/mol. The monoisotopic (exact) mass is 320 g/mol. The molecule has 2 fully saturated rings. The molecule has 1 saturated heterocycles.